The number of nitrogens with two attached hydrogens (primary N) is 1. The van der Waals surface area contributed by atoms with E-state index >= 15 is 0 Å². The lowest BCUT2D eigenvalue weighted by molar-refractivity contribution is 0.179. The molecule has 1 aliphatic heterocycles. The SMILES string of the molecule is CC(Oc1cncc(N)c1)[C@H]1CCCN1. The van der Waals surface area contributed by atoms with Gasteiger partial charge in [-0.2, -0.15) is 0 Å². The smallest absolute Gasteiger partial charge is 0.140 e. The van der Waals surface area contributed by atoms with Gasteiger partial charge in [0.2, 0.25) is 0 Å². The van der Waals surface area contributed by atoms with Crippen molar-refractivity contribution in [1.82, 2.24) is 10.3 Å². The number of nitrogens with zero attached hydrogens (tertiary/aromatic N) is 1. The van der Waals surface area contributed by atoms with Crippen LogP contribution in [0.25, 0.3) is 0 Å². The van der Waals surface area contributed by atoms with E-state index < -0.39 is 0 Å². The first-order chi connectivity index (χ1) is 7.25. The molecule has 1 fully saturated rings. The van der Waals surface area contributed by atoms with Crippen LogP contribution in [-0.4, -0.2) is 23.7 Å². The number of aromatic nitrogens is 1. The zero-order valence-corrected chi connectivity index (χ0v) is 8.94. The van der Waals surface area contributed by atoms with Gasteiger partial charge in [-0.3, -0.25) is 4.98 Å². The number of pyridine rings is 1. The van der Waals surface area contributed by atoms with Crippen molar-refractivity contribution in [1.29, 1.82) is 0 Å². The summed E-state index contributed by atoms with van der Waals surface area (Å²) in [5, 5.41) is 3.41. The predicted molar refractivity (Wildman–Crippen MR) is 59.8 cm³/mol. The van der Waals surface area contributed by atoms with Crippen molar-refractivity contribution in [2.45, 2.75) is 31.9 Å². The van der Waals surface area contributed by atoms with Crippen LogP contribution in [0.5, 0.6) is 5.75 Å². The van der Waals surface area contributed by atoms with E-state index in [9.17, 15) is 0 Å². The molecular weight excluding hydrogens is 190 g/mol. The molecule has 2 rings (SSSR count). The van der Waals surface area contributed by atoms with Crippen LogP contribution >= 0.6 is 0 Å². The third kappa shape index (κ3) is 2.59. The molecule has 1 saturated heterocycles. The predicted octanol–water partition coefficient (Wildman–Crippen LogP) is 1.18. The lowest BCUT2D eigenvalue weighted by atomic mass is 10.1. The quantitative estimate of drug-likeness (QED) is 0.781. The molecule has 0 aliphatic carbocycles. The van der Waals surface area contributed by atoms with Gasteiger partial charge < -0.3 is 15.8 Å². The summed E-state index contributed by atoms with van der Waals surface area (Å²) in [6.45, 7) is 3.17. The maximum atomic E-state index is 5.77. The number of ether oxygens (including phenoxy) is 1. The molecule has 1 aromatic heterocycles. The summed E-state index contributed by atoms with van der Waals surface area (Å²) in [5.74, 6) is 0.746. The van der Waals surface area contributed by atoms with Crippen molar-refractivity contribution in [2.75, 3.05) is 12.3 Å². The van der Waals surface area contributed by atoms with Crippen LogP contribution in [-0.2, 0) is 0 Å². The fourth-order valence-corrected chi connectivity index (χ4v) is 1.91. The number of hydrogen-bond acceptors (Lipinski definition) is 4. The van der Waals surface area contributed by atoms with Crippen LogP contribution in [0.1, 0.15) is 19.8 Å². The zero-order valence-electron chi connectivity index (χ0n) is 8.94. The highest BCUT2D eigenvalue weighted by Crippen LogP contribution is 2.18. The second-order valence-corrected chi connectivity index (χ2v) is 3.98. The molecule has 1 aliphatic rings. The van der Waals surface area contributed by atoms with Crippen molar-refractivity contribution in [2.24, 2.45) is 0 Å². The minimum atomic E-state index is 0.163. The molecule has 3 N–H and O–H groups in total. The Hall–Kier alpha value is -1.29. The third-order valence-corrected chi connectivity index (χ3v) is 2.72. The highest BCUT2D eigenvalue weighted by Gasteiger charge is 2.22. The van der Waals surface area contributed by atoms with E-state index in [1.807, 2.05) is 0 Å². The molecule has 0 radical (unpaired) electrons. The standard InChI is InChI=1S/C11H17N3O/c1-8(11-3-2-4-14-11)15-10-5-9(12)6-13-7-10/h5-8,11,14H,2-4,12H2,1H3/t8?,11-/m1/s1. The Morgan fingerprint density at radius 1 is 1.60 bits per heavy atom. The van der Waals surface area contributed by atoms with E-state index in [4.69, 9.17) is 10.5 Å². The summed E-state index contributed by atoms with van der Waals surface area (Å²) in [4.78, 5) is 3.99. The Morgan fingerprint density at radius 3 is 3.13 bits per heavy atom. The lowest BCUT2D eigenvalue weighted by Crippen LogP contribution is -2.36. The van der Waals surface area contributed by atoms with Crippen LogP contribution in [0.15, 0.2) is 18.5 Å². The molecule has 1 unspecified atom stereocenters. The Balaban J connectivity index is 1.95. The van der Waals surface area contributed by atoms with Crippen molar-refractivity contribution in [3.8, 4) is 5.75 Å². The minimum Gasteiger partial charge on any atom is -0.487 e. The summed E-state index contributed by atoms with van der Waals surface area (Å²) >= 11 is 0. The largest absolute Gasteiger partial charge is 0.487 e. The molecule has 2 atom stereocenters. The van der Waals surface area contributed by atoms with Crippen molar-refractivity contribution >= 4 is 5.69 Å². The van der Waals surface area contributed by atoms with Gasteiger partial charge in [0.25, 0.3) is 0 Å². The molecule has 2 heterocycles. The summed E-state index contributed by atoms with van der Waals surface area (Å²) in [6, 6.07) is 2.25. The molecule has 0 amide bonds. The maximum absolute atomic E-state index is 5.77. The number of rotatable bonds is 3. The fraction of sp³-hybridized carbons (Fsp3) is 0.545. The van der Waals surface area contributed by atoms with Gasteiger partial charge >= 0.3 is 0 Å². The van der Waals surface area contributed by atoms with Gasteiger partial charge in [0, 0.05) is 12.1 Å². The first-order valence-electron chi connectivity index (χ1n) is 5.36. The van der Waals surface area contributed by atoms with Crippen LogP contribution < -0.4 is 15.8 Å². The number of hydrogen-bond donors (Lipinski definition) is 2. The van der Waals surface area contributed by atoms with Crippen LogP contribution in [0.4, 0.5) is 5.69 Å². The van der Waals surface area contributed by atoms with Gasteiger partial charge in [0.15, 0.2) is 0 Å². The Morgan fingerprint density at radius 2 is 2.47 bits per heavy atom. The second kappa shape index (κ2) is 4.49. The Labute approximate surface area is 89.8 Å². The molecule has 15 heavy (non-hydrogen) atoms. The molecule has 0 aromatic carbocycles. The maximum Gasteiger partial charge on any atom is 0.140 e. The van der Waals surface area contributed by atoms with E-state index in [1.54, 1.807) is 18.5 Å². The van der Waals surface area contributed by atoms with E-state index in [-0.39, 0.29) is 6.10 Å². The summed E-state index contributed by atoms with van der Waals surface area (Å²) < 4.78 is 5.77. The highest BCUT2D eigenvalue weighted by molar-refractivity contribution is 5.40. The molecule has 0 bridgehead atoms. The summed E-state index contributed by atoms with van der Waals surface area (Å²) in [7, 11) is 0. The number of anilines is 1. The highest BCUT2D eigenvalue weighted by atomic mass is 16.5. The molecule has 4 heteroatoms. The monoisotopic (exact) mass is 207 g/mol. The Kier molecular flexibility index (Phi) is 3.06. The van der Waals surface area contributed by atoms with Gasteiger partial charge in [-0.05, 0) is 26.3 Å². The van der Waals surface area contributed by atoms with Gasteiger partial charge in [0.05, 0.1) is 18.1 Å². The lowest BCUT2D eigenvalue weighted by Gasteiger charge is -2.20. The van der Waals surface area contributed by atoms with Gasteiger partial charge in [0.1, 0.15) is 11.9 Å². The molecule has 4 nitrogen and oxygen atoms in total. The molecular formula is C11H17N3O. The van der Waals surface area contributed by atoms with Gasteiger partial charge in [-0.1, -0.05) is 0 Å². The topological polar surface area (TPSA) is 60.2 Å². The fourth-order valence-electron chi connectivity index (χ4n) is 1.91. The van der Waals surface area contributed by atoms with E-state index in [2.05, 4.69) is 17.2 Å². The molecule has 82 valence electrons. The van der Waals surface area contributed by atoms with Crippen molar-refractivity contribution < 1.29 is 4.74 Å². The van der Waals surface area contributed by atoms with E-state index in [0.717, 1.165) is 12.3 Å². The first kappa shape index (κ1) is 10.2. The molecule has 0 spiro atoms. The number of nitrogens with one attached hydrogen (secondary N) is 1. The summed E-state index contributed by atoms with van der Waals surface area (Å²) in [6.07, 6.45) is 5.88. The summed E-state index contributed by atoms with van der Waals surface area (Å²) in [5.41, 5.74) is 6.27. The Bertz CT molecular complexity index is 323. The molecule has 0 saturated carbocycles. The zero-order chi connectivity index (χ0) is 10.7. The van der Waals surface area contributed by atoms with E-state index in [1.165, 1.54) is 12.8 Å². The average molecular weight is 207 g/mol. The van der Waals surface area contributed by atoms with Gasteiger partial charge in [-0.15, -0.1) is 0 Å². The molecule has 1 aromatic rings. The van der Waals surface area contributed by atoms with Gasteiger partial charge in [-0.25, -0.2) is 0 Å². The van der Waals surface area contributed by atoms with Crippen LogP contribution in [0, 0.1) is 0 Å². The number of nitrogen functional groups attached to an aromatic ring is 1. The van der Waals surface area contributed by atoms with E-state index in [0.29, 0.717) is 11.7 Å². The minimum absolute atomic E-state index is 0.163. The first-order valence-corrected chi connectivity index (χ1v) is 5.36. The average Bonchev–Trinajstić information content (AvgIpc) is 2.70. The van der Waals surface area contributed by atoms with Crippen molar-refractivity contribution in [3.63, 3.8) is 0 Å². The van der Waals surface area contributed by atoms with Crippen molar-refractivity contribution in [3.05, 3.63) is 18.5 Å². The normalized spacial score (nSPS) is 22.6. The van der Waals surface area contributed by atoms with Crippen LogP contribution in [0.2, 0.25) is 0 Å². The third-order valence-electron chi connectivity index (χ3n) is 2.72. The second-order valence-electron chi connectivity index (χ2n) is 3.98. The van der Waals surface area contributed by atoms with Crippen LogP contribution in [0.3, 0.4) is 0 Å².